The summed E-state index contributed by atoms with van der Waals surface area (Å²) in [5.41, 5.74) is -1.17. The molecule has 9 heteroatoms. The molecule has 1 aromatic rings. The number of carbonyl (C=O) groups excluding carboxylic acids is 2. The van der Waals surface area contributed by atoms with Gasteiger partial charge in [-0.15, -0.1) is 8.78 Å². The van der Waals surface area contributed by atoms with Gasteiger partial charge in [0.15, 0.2) is 11.5 Å². The van der Waals surface area contributed by atoms with Gasteiger partial charge in [0.2, 0.25) is 5.91 Å². The third-order valence-electron chi connectivity index (χ3n) is 4.26. The van der Waals surface area contributed by atoms with Crippen LogP contribution < -0.4 is 14.8 Å². The molecule has 0 aromatic heterocycles. The summed E-state index contributed by atoms with van der Waals surface area (Å²) in [5, 5.41) is 13.0. The summed E-state index contributed by atoms with van der Waals surface area (Å²) < 4.78 is 34.8. The highest BCUT2D eigenvalue weighted by Crippen LogP contribution is 2.41. The van der Waals surface area contributed by atoms with E-state index in [1.807, 2.05) is 0 Å². The zero-order chi connectivity index (χ0) is 18.2. The van der Waals surface area contributed by atoms with Gasteiger partial charge < -0.3 is 24.8 Å². The van der Waals surface area contributed by atoms with Crippen molar-refractivity contribution in [3.8, 4) is 11.5 Å². The van der Waals surface area contributed by atoms with Gasteiger partial charge in [-0.25, -0.2) is 0 Å². The van der Waals surface area contributed by atoms with Crippen LogP contribution >= 0.6 is 0 Å². The number of halogens is 2. The van der Waals surface area contributed by atoms with Gasteiger partial charge in [-0.1, -0.05) is 0 Å². The molecule has 0 spiro atoms. The summed E-state index contributed by atoms with van der Waals surface area (Å²) in [6.45, 7) is 0.392. The number of likely N-dealkylation sites (tertiary alicyclic amines) is 1. The number of aliphatic hydroxyl groups is 1. The maximum atomic E-state index is 13.1. The Hall–Kier alpha value is -2.42. The number of nitrogens with one attached hydrogen (secondary N) is 1. The molecule has 1 unspecified atom stereocenters. The van der Waals surface area contributed by atoms with Crippen molar-refractivity contribution in [1.29, 1.82) is 0 Å². The Labute approximate surface area is 142 Å². The molecule has 1 fully saturated rings. The third-order valence-corrected chi connectivity index (χ3v) is 4.26. The molecule has 2 aliphatic rings. The largest absolute Gasteiger partial charge is 0.586 e. The molecule has 2 heterocycles. The van der Waals surface area contributed by atoms with E-state index in [-0.39, 0.29) is 35.9 Å². The van der Waals surface area contributed by atoms with Crippen LogP contribution in [0.4, 0.5) is 8.78 Å². The lowest BCUT2D eigenvalue weighted by Gasteiger charge is -2.38. The molecule has 1 atom stereocenters. The van der Waals surface area contributed by atoms with Crippen molar-refractivity contribution >= 4 is 11.8 Å². The maximum absolute atomic E-state index is 13.1. The van der Waals surface area contributed by atoms with E-state index in [0.717, 1.165) is 0 Å². The molecule has 2 N–H and O–H groups in total. The minimum Gasteiger partial charge on any atom is -0.395 e. The molecule has 2 aliphatic heterocycles. The van der Waals surface area contributed by atoms with Crippen molar-refractivity contribution in [2.45, 2.75) is 31.2 Å². The summed E-state index contributed by atoms with van der Waals surface area (Å²) >= 11 is 0. The van der Waals surface area contributed by atoms with E-state index in [2.05, 4.69) is 14.8 Å². The molecular formula is C16H18F2N2O5. The summed E-state index contributed by atoms with van der Waals surface area (Å²) in [6, 6.07) is 3.79. The first-order chi connectivity index (χ1) is 11.7. The molecular weight excluding hydrogens is 338 g/mol. The lowest BCUT2D eigenvalue weighted by molar-refractivity contribution is -0.286. The Bertz CT molecular complexity index is 712. The third kappa shape index (κ3) is 3.65. The van der Waals surface area contributed by atoms with Crippen LogP contribution in [0.25, 0.3) is 0 Å². The fourth-order valence-electron chi connectivity index (χ4n) is 3.08. The Morgan fingerprint density at radius 1 is 1.32 bits per heavy atom. The first kappa shape index (κ1) is 17.4. The fourth-order valence-corrected chi connectivity index (χ4v) is 3.08. The van der Waals surface area contributed by atoms with Gasteiger partial charge in [0.1, 0.15) is 0 Å². The van der Waals surface area contributed by atoms with E-state index < -0.39 is 17.8 Å². The topological polar surface area (TPSA) is 88.1 Å². The zero-order valence-electron chi connectivity index (χ0n) is 13.6. The second-order valence-electron chi connectivity index (χ2n) is 6.23. The van der Waals surface area contributed by atoms with Crippen LogP contribution in [0.2, 0.25) is 0 Å². The Morgan fingerprint density at radius 3 is 2.76 bits per heavy atom. The Balaban J connectivity index is 1.74. The number of piperidine rings is 1. The van der Waals surface area contributed by atoms with Gasteiger partial charge in [0, 0.05) is 19.2 Å². The first-order valence-electron chi connectivity index (χ1n) is 7.83. The molecule has 3 rings (SSSR count). The summed E-state index contributed by atoms with van der Waals surface area (Å²) in [4.78, 5) is 25.6. The lowest BCUT2D eigenvalue weighted by atomic mass is 9.89. The molecule has 0 bridgehead atoms. The van der Waals surface area contributed by atoms with Gasteiger partial charge in [-0.05, 0) is 31.0 Å². The summed E-state index contributed by atoms with van der Waals surface area (Å²) in [7, 11) is 1.47. The van der Waals surface area contributed by atoms with Crippen LogP contribution in [-0.4, -0.2) is 53.9 Å². The van der Waals surface area contributed by atoms with Gasteiger partial charge in [0.05, 0.1) is 18.6 Å². The standard InChI is InChI=1S/C16H18F2N2O5/c1-19-13(21)8-15(23)5-2-6-20(9-15)14(22)10-3-4-11-12(7-10)25-16(17,18)24-11/h3-4,7,23H,2,5-6,8-9H2,1H3,(H,19,21). The van der Waals surface area contributed by atoms with E-state index in [0.29, 0.717) is 19.4 Å². The molecule has 0 aliphatic carbocycles. The number of ether oxygens (including phenoxy) is 2. The van der Waals surface area contributed by atoms with Crippen molar-refractivity contribution < 1.29 is 33.0 Å². The number of hydrogen-bond acceptors (Lipinski definition) is 5. The van der Waals surface area contributed by atoms with Crippen LogP contribution in [0.15, 0.2) is 18.2 Å². The molecule has 25 heavy (non-hydrogen) atoms. The van der Waals surface area contributed by atoms with Gasteiger partial charge in [-0.3, -0.25) is 9.59 Å². The maximum Gasteiger partial charge on any atom is 0.586 e. The highest BCUT2D eigenvalue weighted by Gasteiger charge is 2.44. The minimum absolute atomic E-state index is 0.0101. The average molecular weight is 356 g/mol. The average Bonchev–Trinajstić information content (AvgIpc) is 2.86. The molecule has 0 saturated carbocycles. The van der Waals surface area contributed by atoms with Crippen LogP contribution in [0.1, 0.15) is 29.6 Å². The number of benzene rings is 1. The predicted octanol–water partition coefficient (Wildman–Crippen LogP) is 1.11. The number of fused-ring (bicyclic) bond motifs is 1. The van der Waals surface area contributed by atoms with Gasteiger partial charge in [0.25, 0.3) is 5.91 Å². The van der Waals surface area contributed by atoms with Crippen molar-refractivity contribution in [3.05, 3.63) is 23.8 Å². The molecule has 0 radical (unpaired) electrons. The van der Waals surface area contributed by atoms with E-state index in [4.69, 9.17) is 0 Å². The second kappa shape index (κ2) is 6.14. The monoisotopic (exact) mass is 356 g/mol. The molecule has 1 saturated heterocycles. The normalized spacial score (nSPS) is 24.1. The predicted molar refractivity (Wildman–Crippen MR) is 81.4 cm³/mol. The number of carbonyl (C=O) groups is 2. The van der Waals surface area contributed by atoms with E-state index in [1.54, 1.807) is 0 Å². The number of rotatable bonds is 3. The van der Waals surface area contributed by atoms with E-state index in [9.17, 15) is 23.5 Å². The van der Waals surface area contributed by atoms with E-state index >= 15 is 0 Å². The smallest absolute Gasteiger partial charge is 0.395 e. The Kier molecular flexibility index (Phi) is 4.28. The van der Waals surface area contributed by atoms with Crippen molar-refractivity contribution in [2.75, 3.05) is 20.1 Å². The van der Waals surface area contributed by atoms with Gasteiger partial charge in [-0.2, -0.15) is 0 Å². The quantitative estimate of drug-likeness (QED) is 0.847. The highest BCUT2D eigenvalue weighted by molar-refractivity contribution is 5.95. The summed E-state index contributed by atoms with van der Waals surface area (Å²) in [6.07, 6.45) is -2.93. The Morgan fingerprint density at radius 2 is 2.04 bits per heavy atom. The fraction of sp³-hybridized carbons (Fsp3) is 0.500. The number of alkyl halides is 2. The molecule has 136 valence electrons. The van der Waals surface area contributed by atoms with Crippen LogP contribution in [-0.2, 0) is 4.79 Å². The zero-order valence-corrected chi connectivity index (χ0v) is 13.6. The van der Waals surface area contributed by atoms with Crippen molar-refractivity contribution in [2.24, 2.45) is 0 Å². The van der Waals surface area contributed by atoms with Crippen LogP contribution in [0.3, 0.4) is 0 Å². The number of β-amino-alcohol motifs (C(OH)–C–C–N with tert-alkyl or cyclic N) is 1. The number of nitrogens with zero attached hydrogens (tertiary/aromatic N) is 1. The highest BCUT2D eigenvalue weighted by atomic mass is 19.3. The summed E-state index contributed by atoms with van der Waals surface area (Å²) in [5.74, 6) is -1.11. The van der Waals surface area contributed by atoms with Crippen molar-refractivity contribution in [1.82, 2.24) is 10.2 Å². The minimum atomic E-state index is -3.75. The van der Waals surface area contributed by atoms with Crippen LogP contribution in [0.5, 0.6) is 11.5 Å². The molecule has 2 amide bonds. The van der Waals surface area contributed by atoms with Gasteiger partial charge >= 0.3 is 6.29 Å². The van der Waals surface area contributed by atoms with Crippen LogP contribution in [0, 0.1) is 0 Å². The second-order valence-corrected chi connectivity index (χ2v) is 6.23. The number of amides is 2. The van der Waals surface area contributed by atoms with Crippen molar-refractivity contribution in [3.63, 3.8) is 0 Å². The lowest BCUT2D eigenvalue weighted by Crippen LogP contribution is -2.52. The number of hydrogen-bond donors (Lipinski definition) is 2. The SMILES string of the molecule is CNC(=O)CC1(O)CCCN(C(=O)c2ccc3c(c2)OC(F)(F)O3)C1. The first-order valence-corrected chi connectivity index (χ1v) is 7.83. The molecule has 7 nitrogen and oxygen atoms in total. The molecule has 1 aromatic carbocycles. The van der Waals surface area contributed by atoms with E-state index in [1.165, 1.54) is 30.1 Å².